The fraction of sp³-hybridized carbons (Fsp3) is 0.650. The van der Waals surface area contributed by atoms with E-state index in [0.29, 0.717) is 12.1 Å². The van der Waals surface area contributed by atoms with Crippen molar-refractivity contribution in [3.05, 3.63) is 29.3 Å². The minimum Gasteiger partial charge on any atom is -0.385 e. The van der Waals surface area contributed by atoms with Gasteiger partial charge in [0, 0.05) is 30.4 Å². The Hall–Kier alpha value is -1.60. The second-order valence-corrected chi connectivity index (χ2v) is 10.6. The lowest BCUT2D eigenvalue weighted by molar-refractivity contribution is 0.0942. The Kier molecular flexibility index (Phi) is 8.75. The number of benzene rings is 1. The smallest absolute Gasteiger partial charge is 0.251 e. The lowest BCUT2D eigenvalue weighted by Crippen LogP contribution is -2.39. The Labute approximate surface area is 164 Å². The summed E-state index contributed by atoms with van der Waals surface area (Å²) in [5.74, 6) is -0.0581. The summed E-state index contributed by atoms with van der Waals surface area (Å²) in [6.45, 7) is 12.1. The zero-order chi connectivity index (χ0) is 20.7. The molecule has 0 aliphatic rings. The van der Waals surface area contributed by atoms with Gasteiger partial charge in [0.05, 0.1) is 4.75 Å². The van der Waals surface area contributed by atoms with Crippen LogP contribution in [0.4, 0.5) is 5.69 Å². The van der Waals surface area contributed by atoms with Gasteiger partial charge in [-0.15, -0.1) is 0 Å². The monoisotopic (exact) mass is 397 g/mol. The van der Waals surface area contributed by atoms with Crippen LogP contribution in [0, 0.1) is 6.92 Å². The molecule has 1 amide bonds. The molecule has 0 radical (unpaired) electrons. The van der Waals surface area contributed by atoms with Gasteiger partial charge in [0.15, 0.2) is 0 Å². The second-order valence-electron chi connectivity index (χ2n) is 8.10. The van der Waals surface area contributed by atoms with Crippen molar-refractivity contribution in [2.24, 2.45) is 0 Å². The van der Waals surface area contributed by atoms with Crippen molar-refractivity contribution >= 4 is 21.6 Å². The quantitative estimate of drug-likeness (QED) is 0.528. The van der Waals surface area contributed by atoms with Crippen LogP contribution in [0.1, 0.15) is 69.8 Å². The van der Waals surface area contributed by atoms with Gasteiger partial charge in [-0.1, -0.05) is 12.5 Å². The van der Waals surface area contributed by atoms with Crippen LogP contribution in [-0.4, -0.2) is 38.2 Å². The predicted molar refractivity (Wildman–Crippen MR) is 113 cm³/mol. The SMILES string of the molecule is Cc1c(NCCCCCNS(=O)(=O)C(C)(C)C)cccc1C(=O)NC(C)C. The predicted octanol–water partition coefficient (Wildman–Crippen LogP) is 3.43. The van der Waals surface area contributed by atoms with Gasteiger partial charge in [0.1, 0.15) is 0 Å². The van der Waals surface area contributed by atoms with E-state index < -0.39 is 14.8 Å². The average Bonchev–Trinajstić information content (AvgIpc) is 2.53. The van der Waals surface area contributed by atoms with Gasteiger partial charge < -0.3 is 10.6 Å². The van der Waals surface area contributed by atoms with Crippen molar-refractivity contribution in [1.82, 2.24) is 10.0 Å². The number of hydrogen-bond donors (Lipinski definition) is 3. The Morgan fingerprint density at radius 1 is 1.07 bits per heavy atom. The van der Waals surface area contributed by atoms with E-state index in [1.165, 1.54) is 0 Å². The highest BCUT2D eigenvalue weighted by Gasteiger charge is 2.27. The molecule has 0 saturated carbocycles. The summed E-state index contributed by atoms with van der Waals surface area (Å²) in [7, 11) is -3.26. The second kappa shape index (κ2) is 10.1. The van der Waals surface area contributed by atoms with Crippen LogP contribution >= 0.6 is 0 Å². The molecule has 1 aromatic rings. The number of amides is 1. The molecule has 0 atom stereocenters. The minimum absolute atomic E-state index is 0.0581. The van der Waals surface area contributed by atoms with E-state index in [4.69, 9.17) is 0 Å². The Bertz CT molecular complexity index is 722. The van der Waals surface area contributed by atoms with E-state index in [-0.39, 0.29) is 11.9 Å². The van der Waals surface area contributed by atoms with Crippen molar-refractivity contribution in [2.45, 2.75) is 71.6 Å². The molecule has 154 valence electrons. The van der Waals surface area contributed by atoms with Gasteiger partial charge >= 0.3 is 0 Å². The largest absolute Gasteiger partial charge is 0.385 e. The fourth-order valence-corrected chi connectivity index (χ4v) is 3.33. The molecule has 0 aliphatic carbocycles. The number of unbranched alkanes of at least 4 members (excludes halogenated alkanes) is 2. The molecule has 0 spiro atoms. The molecule has 0 saturated heterocycles. The normalized spacial score (nSPS) is 12.3. The summed E-state index contributed by atoms with van der Waals surface area (Å²) in [6, 6.07) is 5.79. The first kappa shape index (κ1) is 23.4. The summed E-state index contributed by atoms with van der Waals surface area (Å²) >= 11 is 0. The Morgan fingerprint density at radius 2 is 1.70 bits per heavy atom. The van der Waals surface area contributed by atoms with Crippen molar-refractivity contribution in [3.8, 4) is 0 Å². The third-order valence-electron chi connectivity index (χ3n) is 4.27. The molecule has 0 unspecified atom stereocenters. The van der Waals surface area contributed by atoms with Crippen LogP contribution in [0.15, 0.2) is 18.2 Å². The highest BCUT2D eigenvalue weighted by molar-refractivity contribution is 7.90. The van der Waals surface area contributed by atoms with Crippen LogP contribution in [-0.2, 0) is 10.0 Å². The lowest BCUT2D eigenvalue weighted by atomic mass is 10.1. The van der Waals surface area contributed by atoms with Gasteiger partial charge in [0.2, 0.25) is 10.0 Å². The third kappa shape index (κ3) is 7.50. The van der Waals surface area contributed by atoms with E-state index >= 15 is 0 Å². The molecule has 3 N–H and O–H groups in total. The lowest BCUT2D eigenvalue weighted by Gasteiger charge is -2.19. The van der Waals surface area contributed by atoms with Crippen LogP contribution in [0.5, 0.6) is 0 Å². The first-order valence-electron chi connectivity index (χ1n) is 9.59. The number of carbonyl (C=O) groups is 1. The maximum Gasteiger partial charge on any atom is 0.251 e. The Morgan fingerprint density at radius 3 is 2.30 bits per heavy atom. The van der Waals surface area contributed by atoms with Crippen molar-refractivity contribution in [3.63, 3.8) is 0 Å². The molecule has 0 aromatic heterocycles. The topological polar surface area (TPSA) is 87.3 Å². The summed E-state index contributed by atoms with van der Waals surface area (Å²) < 4.78 is 25.8. The van der Waals surface area contributed by atoms with Gasteiger partial charge in [-0.2, -0.15) is 0 Å². The van der Waals surface area contributed by atoms with E-state index in [1.807, 2.05) is 39.0 Å². The maximum atomic E-state index is 12.2. The first-order chi connectivity index (χ1) is 12.5. The summed E-state index contributed by atoms with van der Waals surface area (Å²) in [6.07, 6.45) is 2.65. The van der Waals surface area contributed by atoms with Crippen molar-refractivity contribution in [2.75, 3.05) is 18.4 Å². The van der Waals surface area contributed by atoms with Gasteiger partial charge in [-0.25, -0.2) is 13.1 Å². The van der Waals surface area contributed by atoms with E-state index in [1.54, 1.807) is 20.8 Å². The van der Waals surface area contributed by atoms with Crippen molar-refractivity contribution in [1.29, 1.82) is 0 Å². The highest BCUT2D eigenvalue weighted by Crippen LogP contribution is 2.19. The Balaban J connectivity index is 2.40. The average molecular weight is 398 g/mol. The van der Waals surface area contributed by atoms with Gasteiger partial charge in [-0.3, -0.25) is 4.79 Å². The molecule has 0 bridgehead atoms. The molecular weight excluding hydrogens is 362 g/mol. The third-order valence-corrected chi connectivity index (χ3v) is 6.46. The fourth-order valence-electron chi connectivity index (χ4n) is 2.49. The molecule has 27 heavy (non-hydrogen) atoms. The molecule has 1 rings (SSSR count). The number of hydrogen-bond acceptors (Lipinski definition) is 4. The maximum absolute atomic E-state index is 12.2. The number of anilines is 1. The molecule has 0 fully saturated rings. The van der Waals surface area contributed by atoms with Gasteiger partial charge in [0.25, 0.3) is 5.91 Å². The first-order valence-corrected chi connectivity index (χ1v) is 11.1. The van der Waals surface area contributed by atoms with E-state index in [9.17, 15) is 13.2 Å². The number of carbonyl (C=O) groups excluding carboxylic acids is 1. The zero-order valence-electron chi connectivity index (χ0n) is 17.5. The minimum atomic E-state index is -3.26. The number of nitrogens with one attached hydrogen (secondary N) is 3. The number of sulfonamides is 1. The zero-order valence-corrected chi connectivity index (χ0v) is 18.3. The van der Waals surface area contributed by atoms with Crippen LogP contribution in [0.25, 0.3) is 0 Å². The molecule has 0 heterocycles. The van der Waals surface area contributed by atoms with Gasteiger partial charge in [-0.05, 0) is 72.1 Å². The van der Waals surface area contributed by atoms with Crippen LogP contribution in [0.3, 0.4) is 0 Å². The molecule has 7 heteroatoms. The summed E-state index contributed by atoms with van der Waals surface area (Å²) in [5, 5.41) is 6.29. The van der Waals surface area contributed by atoms with E-state index in [2.05, 4.69) is 15.4 Å². The highest BCUT2D eigenvalue weighted by atomic mass is 32.2. The summed E-state index contributed by atoms with van der Waals surface area (Å²) in [5.41, 5.74) is 2.58. The summed E-state index contributed by atoms with van der Waals surface area (Å²) in [4.78, 5) is 12.2. The molecular formula is C20H35N3O3S. The molecule has 0 aliphatic heterocycles. The van der Waals surface area contributed by atoms with Crippen LogP contribution < -0.4 is 15.4 Å². The molecule has 6 nitrogen and oxygen atoms in total. The standard InChI is InChI=1S/C20H35N3O3S/c1-15(2)23-19(24)17-11-10-12-18(16(17)3)21-13-8-7-9-14-22-27(25,26)20(4,5)6/h10-12,15,21-22H,7-9,13-14H2,1-6H3,(H,23,24). The van der Waals surface area contributed by atoms with Crippen LogP contribution in [0.2, 0.25) is 0 Å². The van der Waals surface area contributed by atoms with Crippen molar-refractivity contribution < 1.29 is 13.2 Å². The number of rotatable bonds is 10. The van der Waals surface area contributed by atoms with E-state index in [0.717, 1.165) is 37.1 Å². The molecule has 1 aromatic carbocycles.